The van der Waals surface area contributed by atoms with E-state index in [9.17, 15) is 9.59 Å². The molecule has 0 heterocycles. The number of amides is 2. The molecular weight excluding hydrogens is 208 g/mol. The lowest BCUT2D eigenvalue weighted by molar-refractivity contribution is -0.116. The van der Waals surface area contributed by atoms with Crippen LogP contribution in [0.5, 0.6) is 0 Å². The number of benzene rings is 1. The van der Waals surface area contributed by atoms with Gasteiger partial charge in [0.05, 0.1) is 0 Å². The molecule has 0 aliphatic heterocycles. The first-order chi connectivity index (χ1) is 7.63. The van der Waals surface area contributed by atoms with Crippen LogP contribution in [0, 0.1) is 0 Å². The first kappa shape index (κ1) is 12.2. The third kappa shape index (κ3) is 3.70. The molecule has 4 N–H and O–H groups in total. The molecule has 86 valence electrons. The van der Waals surface area contributed by atoms with E-state index in [-0.39, 0.29) is 18.9 Å². The molecule has 2 amide bonds. The number of hydrogen-bond acceptors (Lipinski definition) is 3. The lowest BCUT2D eigenvalue weighted by Crippen LogP contribution is -2.14. The van der Waals surface area contributed by atoms with Gasteiger partial charge in [0.2, 0.25) is 11.8 Å². The highest BCUT2D eigenvalue weighted by molar-refractivity contribution is 5.96. The molecule has 0 atom stereocenters. The second kappa shape index (κ2) is 5.87. The summed E-state index contributed by atoms with van der Waals surface area (Å²) in [7, 11) is 0. The zero-order valence-corrected chi connectivity index (χ0v) is 8.77. The number of primary amides is 1. The minimum Gasteiger partial charge on any atom is -0.396 e. The number of anilines is 1. The molecule has 0 fully saturated rings. The number of aliphatic hydroxyl groups excluding tert-OH is 1. The molecule has 0 aliphatic carbocycles. The van der Waals surface area contributed by atoms with Crippen LogP contribution in [-0.2, 0) is 4.79 Å². The first-order valence-electron chi connectivity index (χ1n) is 4.94. The Morgan fingerprint density at radius 1 is 1.38 bits per heavy atom. The van der Waals surface area contributed by atoms with Crippen LogP contribution < -0.4 is 11.1 Å². The second-order valence-corrected chi connectivity index (χ2v) is 3.32. The largest absolute Gasteiger partial charge is 0.396 e. The maximum Gasteiger partial charge on any atom is 0.248 e. The lowest BCUT2D eigenvalue weighted by atomic mass is 10.2. The molecule has 0 aliphatic rings. The summed E-state index contributed by atoms with van der Waals surface area (Å²) in [6.07, 6.45) is 0.665. The Morgan fingerprint density at radius 3 is 2.75 bits per heavy atom. The third-order valence-electron chi connectivity index (χ3n) is 1.99. The van der Waals surface area contributed by atoms with E-state index in [1.54, 1.807) is 18.2 Å². The number of rotatable bonds is 5. The predicted octanol–water partition coefficient (Wildman–Crippen LogP) is 0.496. The zero-order chi connectivity index (χ0) is 12.0. The maximum atomic E-state index is 11.3. The Bertz CT molecular complexity index is 391. The topological polar surface area (TPSA) is 92.4 Å². The summed E-state index contributed by atoms with van der Waals surface area (Å²) in [5.41, 5.74) is 5.98. The fourth-order valence-electron chi connectivity index (χ4n) is 1.21. The van der Waals surface area contributed by atoms with Gasteiger partial charge in [-0.15, -0.1) is 0 Å². The molecule has 0 aromatic heterocycles. The van der Waals surface area contributed by atoms with Crippen LogP contribution in [0.15, 0.2) is 24.3 Å². The summed E-state index contributed by atoms with van der Waals surface area (Å²) in [6, 6.07) is 6.40. The number of nitrogens with one attached hydrogen (secondary N) is 1. The van der Waals surface area contributed by atoms with E-state index in [1.165, 1.54) is 6.07 Å². The van der Waals surface area contributed by atoms with E-state index in [0.29, 0.717) is 17.7 Å². The highest BCUT2D eigenvalue weighted by Gasteiger charge is 2.04. The van der Waals surface area contributed by atoms with E-state index in [4.69, 9.17) is 10.8 Å². The van der Waals surface area contributed by atoms with Crippen molar-refractivity contribution in [2.45, 2.75) is 12.8 Å². The Morgan fingerprint density at radius 2 is 2.12 bits per heavy atom. The Labute approximate surface area is 93.3 Å². The number of hydrogen-bond donors (Lipinski definition) is 3. The van der Waals surface area contributed by atoms with Crippen molar-refractivity contribution in [2.24, 2.45) is 5.73 Å². The van der Waals surface area contributed by atoms with Gasteiger partial charge in [-0.2, -0.15) is 0 Å². The smallest absolute Gasteiger partial charge is 0.248 e. The van der Waals surface area contributed by atoms with Crippen molar-refractivity contribution < 1.29 is 14.7 Å². The normalized spacial score (nSPS) is 9.81. The van der Waals surface area contributed by atoms with Gasteiger partial charge in [0.25, 0.3) is 0 Å². The molecule has 1 aromatic rings. The molecule has 5 heteroatoms. The van der Waals surface area contributed by atoms with E-state index in [0.717, 1.165) is 0 Å². The van der Waals surface area contributed by atoms with Gasteiger partial charge in [-0.1, -0.05) is 6.07 Å². The van der Waals surface area contributed by atoms with E-state index < -0.39 is 5.91 Å². The van der Waals surface area contributed by atoms with E-state index >= 15 is 0 Å². The average Bonchev–Trinajstić information content (AvgIpc) is 2.26. The first-order valence-corrected chi connectivity index (χ1v) is 4.94. The summed E-state index contributed by atoms with van der Waals surface area (Å²) in [5.74, 6) is -0.734. The van der Waals surface area contributed by atoms with E-state index in [2.05, 4.69) is 5.32 Å². The van der Waals surface area contributed by atoms with Gasteiger partial charge in [-0.25, -0.2) is 0 Å². The summed E-state index contributed by atoms with van der Waals surface area (Å²) < 4.78 is 0. The van der Waals surface area contributed by atoms with Gasteiger partial charge in [0, 0.05) is 24.3 Å². The number of aliphatic hydroxyl groups is 1. The van der Waals surface area contributed by atoms with Crippen molar-refractivity contribution in [1.82, 2.24) is 0 Å². The molecule has 0 radical (unpaired) electrons. The summed E-state index contributed by atoms with van der Waals surface area (Å²) in [4.78, 5) is 22.2. The SMILES string of the molecule is NC(=O)c1cccc(NC(=O)CCCO)c1. The van der Waals surface area contributed by atoms with E-state index in [1.807, 2.05) is 0 Å². The minimum absolute atomic E-state index is 0.0191. The van der Waals surface area contributed by atoms with Gasteiger partial charge in [-0.3, -0.25) is 9.59 Å². The standard InChI is InChI=1S/C11H14N2O3/c12-11(16)8-3-1-4-9(7-8)13-10(15)5-2-6-14/h1,3-4,7,14H,2,5-6H2,(H2,12,16)(H,13,15). The fourth-order valence-corrected chi connectivity index (χ4v) is 1.21. The summed E-state index contributed by atoms with van der Waals surface area (Å²) >= 11 is 0. The van der Waals surface area contributed by atoms with Crippen LogP contribution >= 0.6 is 0 Å². The molecule has 0 spiro atoms. The highest BCUT2D eigenvalue weighted by Crippen LogP contribution is 2.10. The highest BCUT2D eigenvalue weighted by atomic mass is 16.3. The van der Waals surface area contributed by atoms with Crippen LogP contribution in [0.1, 0.15) is 23.2 Å². The Hall–Kier alpha value is -1.88. The zero-order valence-electron chi connectivity index (χ0n) is 8.77. The molecule has 0 unspecified atom stereocenters. The summed E-state index contributed by atoms with van der Waals surface area (Å²) in [5, 5.41) is 11.2. The third-order valence-corrected chi connectivity index (χ3v) is 1.99. The van der Waals surface area contributed by atoms with Crippen LogP contribution in [-0.4, -0.2) is 23.5 Å². The molecule has 1 rings (SSSR count). The molecule has 5 nitrogen and oxygen atoms in total. The molecule has 0 saturated carbocycles. The average molecular weight is 222 g/mol. The van der Waals surface area contributed by atoms with Gasteiger partial charge in [-0.05, 0) is 24.6 Å². The van der Waals surface area contributed by atoms with Crippen molar-refractivity contribution in [2.75, 3.05) is 11.9 Å². The minimum atomic E-state index is -0.536. The number of nitrogens with two attached hydrogens (primary N) is 1. The number of carbonyl (C=O) groups excluding carboxylic acids is 2. The molecule has 0 saturated heterocycles. The van der Waals surface area contributed by atoms with Crippen molar-refractivity contribution in [3.63, 3.8) is 0 Å². The van der Waals surface area contributed by atoms with Crippen LogP contribution in [0.25, 0.3) is 0 Å². The number of carbonyl (C=O) groups is 2. The quantitative estimate of drug-likeness (QED) is 0.677. The Kier molecular flexibility index (Phi) is 4.47. The van der Waals surface area contributed by atoms with Crippen molar-refractivity contribution >= 4 is 17.5 Å². The molecule has 0 bridgehead atoms. The summed E-state index contributed by atoms with van der Waals surface area (Å²) in [6.45, 7) is -0.0191. The van der Waals surface area contributed by atoms with Gasteiger partial charge in [0.15, 0.2) is 0 Å². The van der Waals surface area contributed by atoms with Gasteiger partial charge >= 0.3 is 0 Å². The van der Waals surface area contributed by atoms with Crippen molar-refractivity contribution in [1.29, 1.82) is 0 Å². The van der Waals surface area contributed by atoms with Crippen molar-refractivity contribution in [3.8, 4) is 0 Å². The van der Waals surface area contributed by atoms with Crippen LogP contribution in [0.4, 0.5) is 5.69 Å². The fraction of sp³-hybridized carbons (Fsp3) is 0.273. The van der Waals surface area contributed by atoms with Gasteiger partial charge in [0.1, 0.15) is 0 Å². The van der Waals surface area contributed by atoms with Crippen LogP contribution in [0.2, 0.25) is 0 Å². The van der Waals surface area contributed by atoms with Crippen LogP contribution in [0.3, 0.4) is 0 Å². The second-order valence-electron chi connectivity index (χ2n) is 3.32. The molecule has 16 heavy (non-hydrogen) atoms. The molecular formula is C11H14N2O3. The maximum absolute atomic E-state index is 11.3. The van der Waals surface area contributed by atoms with Crippen molar-refractivity contribution in [3.05, 3.63) is 29.8 Å². The monoisotopic (exact) mass is 222 g/mol. The predicted molar refractivity (Wildman–Crippen MR) is 59.9 cm³/mol. The lowest BCUT2D eigenvalue weighted by Gasteiger charge is -2.05. The Balaban J connectivity index is 2.63. The molecule has 1 aromatic carbocycles. The van der Waals surface area contributed by atoms with Gasteiger partial charge < -0.3 is 16.2 Å².